The molecule has 0 heterocycles. The number of primary amides is 1. The van der Waals surface area contributed by atoms with Crippen LogP contribution in [0, 0.1) is 0 Å². The van der Waals surface area contributed by atoms with Crippen molar-refractivity contribution in [2.24, 2.45) is 39.4 Å². The molecule has 0 radical (unpaired) electrons. The van der Waals surface area contributed by atoms with Crippen molar-refractivity contribution in [1.82, 2.24) is 16.0 Å². The molecule has 224 valence electrons. The quantitative estimate of drug-likeness (QED) is 0.0352. The molecule has 0 aliphatic rings. The molecule has 0 rings (SSSR count). The zero-order valence-corrected chi connectivity index (χ0v) is 22.4. The number of carboxylic acid groups (broad SMARTS) is 1. The number of hydrogen-bond donors (Lipinski definition) is 10. The van der Waals surface area contributed by atoms with Crippen molar-refractivity contribution in [3.8, 4) is 0 Å². The van der Waals surface area contributed by atoms with Crippen LogP contribution >= 0.6 is 0 Å². The highest BCUT2D eigenvalue weighted by molar-refractivity contribution is 5.94. The molecule has 0 aromatic heterocycles. The summed E-state index contributed by atoms with van der Waals surface area (Å²) in [4.78, 5) is 65.5. The molecular weight excluding hydrogens is 512 g/mol. The summed E-state index contributed by atoms with van der Waals surface area (Å²) >= 11 is 0. The lowest BCUT2D eigenvalue weighted by Crippen LogP contribution is -2.57. The number of carbonyl (C=O) groups excluding carboxylic acids is 4. The fourth-order valence-corrected chi connectivity index (χ4v) is 3.54. The van der Waals surface area contributed by atoms with E-state index in [2.05, 4.69) is 20.9 Å². The van der Waals surface area contributed by atoms with Crippen LogP contribution in [0.15, 0.2) is 4.99 Å². The normalized spacial score (nSPS) is 13.8. The van der Waals surface area contributed by atoms with Gasteiger partial charge in [0.05, 0.1) is 6.04 Å². The number of nitrogens with zero attached hydrogens (tertiary/aromatic N) is 1. The van der Waals surface area contributed by atoms with E-state index in [-0.39, 0.29) is 44.6 Å². The molecule has 16 heteroatoms. The van der Waals surface area contributed by atoms with Gasteiger partial charge in [0.15, 0.2) is 5.96 Å². The second-order valence-electron chi connectivity index (χ2n) is 9.15. The summed E-state index contributed by atoms with van der Waals surface area (Å²) in [7, 11) is 0. The fourth-order valence-electron chi connectivity index (χ4n) is 3.54. The van der Waals surface area contributed by atoms with Crippen molar-refractivity contribution in [2.45, 2.75) is 88.4 Å². The van der Waals surface area contributed by atoms with Crippen LogP contribution in [-0.4, -0.2) is 84.5 Å². The first-order chi connectivity index (χ1) is 18.4. The molecule has 16 N–H and O–H groups in total. The van der Waals surface area contributed by atoms with E-state index in [1.165, 1.54) is 0 Å². The number of aliphatic carboxylic acids is 1. The summed E-state index contributed by atoms with van der Waals surface area (Å²) in [6, 6.07) is -4.49. The molecule has 0 saturated carbocycles. The van der Waals surface area contributed by atoms with Crippen LogP contribution in [0.1, 0.15) is 64.2 Å². The van der Waals surface area contributed by atoms with Gasteiger partial charge in [-0.2, -0.15) is 0 Å². The Morgan fingerprint density at radius 1 is 0.667 bits per heavy atom. The molecule has 0 aromatic carbocycles. The van der Waals surface area contributed by atoms with E-state index in [0.717, 1.165) is 0 Å². The average Bonchev–Trinajstić information content (AvgIpc) is 2.86. The maximum Gasteiger partial charge on any atom is 0.326 e. The molecule has 0 aliphatic heterocycles. The second-order valence-corrected chi connectivity index (χ2v) is 9.15. The molecule has 0 aromatic rings. The minimum atomic E-state index is -1.30. The predicted octanol–water partition coefficient (Wildman–Crippen LogP) is -3.57. The number of hydrogen-bond acceptors (Lipinski definition) is 9. The maximum atomic E-state index is 13.1. The van der Waals surface area contributed by atoms with Gasteiger partial charge in [0.25, 0.3) is 0 Å². The zero-order chi connectivity index (χ0) is 29.8. The molecular formula is C23H46N10O6. The van der Waals surface area contributed by atoms with Gasteiger partial charge in [0, 0.05) is 13.0 Å². The van der Waals surface area contributed by atoms with Crippen LogP contribution < -0.4 is 50.4 Å². The number of nitrogens with one attached hydrogen (secondary N) is 3. The van der Waals surface area contributed by atoms with Gasteiger partial charge in [-0.3, -0.25) is 24.2 Å². The Morgan fingerprint density at radius 3 is 1.67 bits per heavy atom. The Labute approximate surface area is 228 Å². The standard InChI is InChI=1S/C23H46N10O6/c24-11-3-1-6-14(26)19(35)31-15(7-2-4-12-25)20(36)32-16(9-10-18(27)34)21(37)33-17(22(38)39)8-5-13-30-23(28)29/h14-17H,1-13,24-26H2,(H2,27,34)(H,31,35)(H,32,36)(H,33,37)(H,38,39)(H4,28,29,30)/t14-,15-,16-,17-/m0/s1. The predicted molar refractivity (Wildman–Crippen MR) is 146 cm³/mol. The van der Waals surface area contributed by atoms with Crippen molar-refractivity contribution in [1.29, 1.82) is 0 Å². The minimum Gasteiger partial charge on any atom is -0.480 e. The van der Waals surface area contributed by atoms with E-state index in [9.17, 15) is 29.1 Å². The topological polar surface area (TPSA) is 310 Å². The number of unbranched alkanes of at least 4 members (excludes halogenated alkanes) is 2. The molecule has 0 unspecified atom stereocenters. The molecule has 39 heavy (non-hydrogen) atoms. The molecule has 0 saturated heterocycles. The third kappa shape index (κ3) is 16.9. The summed E-state index contributed by atoms with van der Waals surface area (Å²) in [5.74, 6) is -4.23. The average molecular weight is 559 g/mol. The summed E-state index contributed by atoms with van der Waals surface area (Å²) in [6.45, 7) is 0.999. The molecule has 4 amide bonds. The first-order valence-corrected chi connectivity index (χ1v) is 13.1. The smallest absolute Gasteiger partial charge is 0.326 e. The fraction of sp³-hybridized carbons (Fsp3) is 0.739. The van der Waals surface area contributed by atoms with E-state index >= 15 is 0 Å². The summed E-state index contributed by atoms with van der Waals surface area (Å²) < 4.78 is 0. The highest BCUT2D eigenvalue weighted by Crippen LogP contribution is 2.07. The Bertz CT molecular complexity index is 821. The van der Waals surface area contributed by atoms with E-state index < -0.39 is 53.8 Å². The number of aliphatic imine (C=N–C) groups is 1. The zero-order valence-electron chi connectivity index (χ0n) is 22.4. The molecule has 0 spiro atoms. The first kappa shape index (κ1) is 35.5. The minimum absolute atomic E-state index is 0.00809. The lowest BCUT2D eigenvalue weighted by Gasteiger charge is -2.25. The van der Waals surface area contributed by atoms with E-state index in [1.807, 2.05) is 0 Å². The van der Waals surface area contributed by atoms with Crippen molar-refractivity contribution >= 4 is 35.6 Å². The Hall–Kier alpha value is -3.50. The second kappa shape index (κ2) is 20.5. The molecule has 0 fully saturated rings. The maximum absolute atomic E-state index is 13.1. The van der Waals surface area contributed by atoms with Crippen LogP contribution in [0.3, 0.4) is 0 Å². The highest BCUT2D eigenvalue weighted by atomic mass is 16.4. The van der Waals surface area contributed by atoms with Gasteiger partial charge < -0.3 is 55.5 Å². The molecule has 16 nitrogen and oxygen atoms in total. The monoisotopic (exact) mass is 558 g/mol. The van der Waals surface area contributed by atoms with Gasteiger partial charge in [0.2, 0.25) is 23.6 Å². The Kier molecular flexibility index (Phi) is 18.6. The highest BCUT2D eigenvalue weighted by Gasteiger charge is 2.30. The van der Waals surface area contributed by atoms with E-state index in [4.69, 9.17) is 34.4 Å². The Balaban J connectivity index is 5.52. The first-order valence-electron chi connectivity index (χ1n) is 13.1. The number of amides is 4. The van der Waals surface area contributed by atoms with Gasteiger partial charge in [-0.1, -0.05) is 6.42 Å². The van der Waals surface area contributed by atoms with Gasteiger partial charge in [0.1, 0.15) is 18.1 Å². The van der Waals surface area contributed by atoms with Crippen molar-refractivity contribution < 1.29 is 29.1 Å². The molecule has 0 aliphatic carbocycles. The third-order valence-corrected chi connectivity index (χ3v) is 5.76. The number of guanidine groups is 1. The van der Waals surface area contributed by atoms with Gasteiger partial charge in [-0.05, 0) is 64.5 Å². The van der Waals surface area contributed by atoms with Gasteiger partial charge in [-0.25, -0.2) is 4.79 Å². The van der Waals surface area contributed by atoms with Crippen molar-refractivity contribution in [2.75, 3.05) is 19.6 Å². The summed E-state index contributed by atoms with van der Waals surface area (Å²) in [5.41, 5.74) is 32.7. The Morgan fingerprint density at radius 2 is 1.15 bits per heavy atom. The van der Waals surface area contributed by atoms with Crippen molar-refractivity contribution in [3.05, 3.63) is 0 Å². The van der Waals surface area contributed by atoms with Crippen LogP contribution in [0.4, 0.5) is 0 Å². The van der Waals surface area contributed by atoms with Gasteiger partial charge in [-0.15, -0.1) is 0 Å². The largest absolute Gasteiger partial charge is 0.480 e. The SMILES string of the molecule is NCCCC[C@H](NC(=O)[C@@H](N)CCCCN)C(=O)N[C@@H](CCC(N)=O)C(=O)N[C@@H](CCCN=C(N)N)C(=O)O. The van der Waals surface area contributed by atoms with Crippen LogP contribution in [0.25, 0.3) is 0 Å². The number of carboxylic acids is 1. The molecule has 0 bridgehead atoms. The molecule has 4 atom stereocenters. The van der Waals surface area contributed by atoms with Crippen LogP contribution in [0.5, 0.6) is 0 Å². The van der Waals surface area contributed by atoms with Crippen molar-refractivity contribution in [3.63, 3.8) is 0 Å². The summed E-state index contributed by atoms with van der Waals surface area (Å²) in [6.07, 6.45) is 2.86. The summed E-state index contributed by atoms with van der Waals surface area (Å²) in [5, 5.41) is 17.0. The van der Waals surface area contributed by atoms with Crippen LogP contribution in [0.2, 0.25) is 0 Å². The number of carbonyl (C=O) groups is 5. The lowest BCUT2D eigenvalue weighted by molar-refractivity contribution is -0.142. The third-order valence-electron chi connectivity index (χ3n) is 5.76. The van der Waals surface area contributed by atoms with Gasteiger partial charge >= 0.3 is 5.97 Å². The number of nitrogens with two attached hydrogens (primary N) is 6. The van der Waals surface area contributed by atoms with Crippen LogP contribution in [-0.2, 0) is 24.0 Å². The lowest BCUT2D eigenvalue weighted by atomic mass is 10.0. The van der Waals surface area contributed by atoms with E-state index in [0.29, 0.717) is 45.2 Å². The van der Waals surface area contributed by atoms with E-state index in [1.54, 1.807) is 0 Å². The number of rotatable bonds is 22.